The van der Waals surface area contributed by atoms with E-state index in [4.69, 9.17) is 9.84 Å². The van der Waals surface area contributed by atoms with Crippen molar-refractivity contribution in [1.82, 2.24) is 4.98 Å². The zero-order chi connectivity index (χ0) is 13.1. The number of ether oxygens (including phenoxy) is 1. The summed E-state index contributed by atoms with van der Waals surface area (Å²) in [6, 6.07) is 1.91. The van der Waals surface area contributed by atoms with E-state index in [1.807, 2.05) is 19.9 Å². The van der Waals surface area contributed by atoms with E-state index in [1.165, 1.54) is 0 Å². The molecule has 1 aromatic heterocycles. The summed E-state index contributed by atoms with van der Waals surface area (Å²) in [6.45, 7) is 6.73. The first kappa shape index (κ1) is 12.6. The van der Waals surface area contributed by atoms with Crippen LogP contribution in [0.5, 0.6) is 0 Å². The summed E-state index contributed by atoms with van der Waals surface area (Å²) in [5.74, 6) is 0.879. The standard InChI is InChI=1S/C12H17N3O3/c1-8-7-10(15-3-5-18-6-4-15)13-9(2)11(8)14-12(16)17/h7,14H,3-6H2,1-2H3,(H,16,17). The van der Waals surface area contributed by atoms with Gasteiger partial charge in [0.2, 0.25) is 0 Å². The van der Waals surface area contributed by atoms with E-state index in [0.717, 1.165) is 24.5 Å². The van der Waals surface area contributed by atoms with Crippen LogP contribution in [0.3, 0.4) is 0 Å². The van der Waals surface area contributed by atoms with E-state index in [0.29, 0.717) is 24.6 Å². The van der Waals surface area contributed by atoms with Crippen molar-refractivity contribution in [2.45, 2.75) is 13.8 Å². The molecule has 1 fully saturated rings. The lowest BCUT2D eigenvalue weighted by molar-refractivity contribution is 0.122. The Labute approximate surface area is 106 Å². The quantitative estimate of drug-likeness (QED) is 0.835. The maximum Gasteiger partial charge on any atom is 0.409 e. The summed E-state index contributed by atoms with van der Waals surface area (Å²) in [5, 5.41) is 11.2. The molecule has 0 bridgehead atoms. The van der Waals surface area contributed by atoms with Gasteiger partial charge in [0.1, 0.15) is 5.82 Å². The zero-order valence-corrected chi connectivity index (χ0v) is 10.6. The van der Waals surface area contributed by atoms with Crippen molar-refractivity contribution < 1.29 is 14.6 Å². The minimum absolute atomic E-state index is 0.569. The Hall–Kier alpha value is -1.82. The third-order valence-corrected chi connectivity index (χ3v) is 2.95. The van der Waals surface area contributed by atoms with Crippen LogP contribution in [-0.4, -0.2) is 42.5 Å². The SMILES string of the molecule is Cc1cc(N2CCOCC2)nc(C)c1NC(=O)O. The Bertz CT molecular complexity index is 433. The number of carboxylic acid groups (broad SMARTS) is 1. The fourth-order valence-electron chi connectivity index (χ4n) is 2.06. The summed E-state index contributed by atoms with van der Waals surface area (Å²) in [6.07, 6.45) is -1.07. The van der Waals surface area contributed by atoms with Gasteiger partial charge >= 0.3 is 6.09 Å². The van der Waals surface area contributed by atoms with Gasteiger partial charge in [-0.15, -0.1) is 0 Å². The van der Waals surface area contributed by atoms with Crippen molar-refractivity contribution in [3.63, 3.8) is 0 Å². The van der Waals surface area contributed by atoms with Crippen molar-refractivity contribution in [2.75, 3.05) is 36.5 Å². The van der Waals surface area contributed by atoms with E-state index in [1.54, 1.807) is 0 Å². The van der Waals surface area contributed by atoms with Crippen LogP contribution >= 0.6 is 0 Å². The van der Waals surface area contributed by atoms with E-state index in [-0.39, 0.29) is 0 Å². The molecule has 6 heteroatoms. The minimum atomic E-state index is -1.07. The molecule has 0 atom stereocenters. The molecular weight excluding hydrogens is 234 g/mol. The number of amides is 1. The normalized spacial score (nSPS) is 15.6. The number of pyridine rings is 1. The number of aromatic nitrogens is 1. The molecule has 1 amide bonds. The number of nitrogens with one attached hydrogen (secondary N) is 1. The highest BCUT2D eigenvalue weighted by Crippen LogP contribution is 2.24. The lowest BCUT2D eigenvalue weighted by Crippen LogP contribution is -2.37. The van der Waals surface area contributed by atoms with Crippen molar-refractivity contribution in [1.29, 1.82) is 0 Å². The molecule has 98 valence electrons. The smallest absolute Gasteiger partial charge is 0.409 e. The van der Waals surface area contributed by atoms with Crippen LogP contribution in [0.1, 0.15) is 11.3 Å². The largest absolute Gasteiger partial charge is 0.465 e. The number of carbonyl (C=O) groups is 1. The monoisotopic (exact) mass is 251 g/mol. The third kappa shape index (κ3) is 2.70. The van der Waals surface area contributed by atoms with Crippen LogP contribution in [0.2, 0.25) is 0 Å². The van der Waals surface area contributed by atoms with Gasteiger partial charge in [-0.25, -0.2) is 9.78 Å². The average Bonchev–Trinajstić information content (AvgIpc) is 2.34. The fourth-order valence-corrected chi connectivity index (χ4v) is 2.06. The molecular formula is C12H17N3O3. The number of aryl methyl sites for hydroxylation is 2. The van der Waals surface area contributed by atoms with Gasteiger partial charge in [0.15, 0.2) is 0 Å². The number of nitrogens with zero attached hydrogens (tertiary/aromatic N) is 2. The molecule has 6 nitrogen and oxygen atoms in total. The van der Waals surface area contributed by atoms with Gasteiger partial charge in [-0.3, -0.25) is 5.32 Å². The molecule has 1 saturated heterocycles. The Morgan fingerprint density at radius 3 is 2.67 bits per heavy atom. The van der Waals surface area contributed by atoms with Gasteiger partial charge in [0.05, 0.1) is 24.6 Å². The highest BCUT2D eigenvalue weighted by molar-refractivity contribution is 5.85. The predicted molar refractivity (Wildman–Crippen MR) is 68.4 cm³/mol. The number of hydrogen-bond donors (Lipinski definition) is 2. The first-order chi connectivity index (χ1) is 8.58. The molecule has 1 aliphatic heterocycles. The molecule has 0 aromatic carbocycles. The van der Waals surface area contributed by atoms with Crippen LogP contribution in [-0.2, 0) is 4.74 Å². The van der Waals surface area contributed by atoms with Crippen LogP contribution in [0, 0.1) is 13.8 Å². The molecule has 0 unspecified atom stereocenters. The van der Waals surface area contributed by atoms with Gasteiger partial charge in [0.25, 0.3) is 0 Å². The number of rotatable bonds is 2. The molecule has 18 heavy (non-hydrogen) atoms. The highest BCUT2D eigenvalue weighted by Gasteiger charge is 2.15. The molecule has 0 aliphatic carbocycles. The molecule has 2 N–H and O–H groups in total. The second-order valence-corrected chi connectivity index (χ2v) is 4.29. The van der Waals surface area contributed by atoms with Crippen LogP contribution in [0.15, 0.2) is 6.07 Å². The van der Waals surface area contributed by atoms with E-state index >= 15 is 0 Å². The third-order valence-electron chi connectivity index (χ3n) is 2.95. The summed E-state index contributed by atoms with van der Waals surface area (Å²) in [5.41, 5.74) is 2.14. The van der Waals surface area contributed by atoms with Gasteiger partial charge in [-0.1, -0.05) is 0 Å². The summed E-state index contributed by atoms with van der Waals surface area (Å²) >= 11 is 0. The fraction of sp³-hybridized carbons (Fsp3) is 0.500. The van der Waals surface area contributed by atoms with Crippen molar-refractivity contribution >= 4 is 17.6 Å². The second-order valence-electron chi connectivity index (χ2n) is 4.29. The first-order valence-corrected chi connectivity index (χ1v) is 5.89. The molecule has 0 saturated carbocycles. The second kappa shape index (κ2) is 5.22. The Morgan fingerprint density at radius 1 is 1.44 bits per heavy atom. The number of hydrogen-bond acceptors (Lipinski definition) is 4. The minimum Gasteiger partial charge on any atom is -0.465 e. The highest BCUT2D eigenvalue weighted by atomic mass is 16.5. The lowest BCUT2D eigenvalue weighted by Gasteiger charge is -2.28. The van der Waals surface area contributed by atoms with Gasteiger partial charge in [0, 0.05) is 13.1 Å². The molecule has 0 spiro atoms. The molecule has 1 aromatic rings. The van der Waals surface area contributed by atoms with Crippen molar-refractivity contribution in [3.8, 4) is 0 Å². The van der Waals surface area contributed by atoms with Crippen LogP contribution < -0.4 is 10.2 Å². The molecule has 1 aliphatic rings. The summed E-state index contributed by atoms with van der Waals surface area (Å²) in [4.78, 5) is 17.3. The first-order valence-electron chi connectivity index (χ1n) is 5.89. The van der Waals surface area contributed by atoms with Crippen molar-refractivity contribution in [2.24, 2.45) is 0 Å². The summed E-state index contributed by atoms with van der Waals surface area (Å²) in [7, 11) is 0. The Balaban J connectivity index is 2.26. The summed E-state index contributed by atoms with van der Waals surface area (Å²) < 4.78 is 5.30. The maximum atomic E-state index is 10.7. The lowest BCUT2D eigenvalue weighted by atomic mass is 10.2. The predicted octanol–water partition coefficient (Wildman–Crippen LogP) is 1.62. The van der Waals surface area contributed by atoms with Crippen LogP contribution in [0.4, 0.5) is 16.3 Å². The van der Waals surface area contributed by atoms with E-state index < -0.39 is 6.09 Å². The van der Waals surface area contributed by atoms with E-state index in [9.17, 15) is 4.79 Å². The molecule has 0 radical (unpaired) electrons. The van der Waals surface area contributed by atoms with Gasteiger partial charge in [-0.05, 0) is 25.5 Å². The average molecular weight is 251 g/mol. The topological polar surface area (TPSA) is 74.7 Å². The maximum absolute atomic E-state index is 10.7. The molecule has 2 rings (SSSR count). The van der Waals surface area contributed by atoms with Crippen molar-refractivity contribution in [3.05, 3.63) is 17.3 Å². The van der Waals surface area contributed by atoms with Crippen LogP contribution in [0.25, 0.3) is 0 Å². The molecule has 2 heterocycles. The Morgan fingerprint density at radius 2 is 2.11 bits per heavy atom. The Kier molecular flexibility index (Phi) is 3.66. The van der Waals surface area contributed by atoms with Gasteiger partial charge < -0.3 is 14.7 Å². The van der Waals surface area contributed by atoms with E-state index in [2.05, 4.69) is 15.2 Å². The number of anilines is 2. The number of morpholine rings is 1. The zero-order valence-electron chi connectivity index (χ0n) is 10.6. The van der Waals surface area contributed by atoms with Gasteiger partial charge in [-0.2, -0.15) is 0 Å².